The largest absolute Gasteiger partial charge is 0.491 e. The number of primary amides is 1. The third-order valence-electron chi connectivity index (χ3n) is 3.17. The molecule has 0 spiro atoms. The fourth-order valence-electron chi connectivity index (χ4n) is 2.27. The van der Waals surface area contributed by atoms with Gasteiger partial charge in [0.25, 0.3) is 0 Å². The average molecular weight is 276 g/mol. The smallest absolute Gasteiger partial charge is 0.338 e. The summed E-state index contributed by atoms with van der Waals surface area (Å²) in [7, 11) is 0. The average Bonchev–Trinajstić information content (AvgIpc) is 2.38. The van der Waals surface area contributed by atoms with Crippen LogP contribution in [0, 0.1) is 0 Å². The predicted molar refractivity (Wildman–Crippen MR) is 76.6 cm³/mol. The number of hydrogen-bond donors (Lipinski definition) is 2. The van der Waals surface area contributed by atoms with Gasteiger partial charge in [0.2, 0.25) is 0 Å². The van der Waals surface area contributed by atoms with Gasteiger partial charge in [-0.2, -0.15) is 0 Å². The number of rotatable bonds is 4. The minimum Gasteiger partial charge on any atom is -0.491 e. The zero-order chi connectivity index (χ0) is 14.7. The van der Waals surface area contributed by atoms with Crippen LogP contribution in [0.5, 0.6) is 5.75 Å². The minimum absolute atomic E-state index is 0.152. The number of nitrogens with zero attached hydrogens (tertiary/aromatic N) is 1. The number of hydroxylamine groups is 2. The lowest BCUT2D eigenvalue weighted by molar-refractivity contribution is -0.0313. The summed E-state index contributed by atoms with van der Waals surface area (Å²) < 4.78 is 5.67. The van der Waals surface area contributed by atoms with Crippen molar-refractivity contribution >= 4 is 12.1 Å². The first kappa shape index (κ1) is 14.4. The molecule has 0 aromatic heterocycles. The highest BCUT2D eigenvalue weighted by Gasteiger charge is 2.15. The fraction of sp³-hybridized carbons (Fsp3) is 0.400. The Labute approximate surface area is 118 Å². The van der Waals surface area contributed by atoms with Crippen molar-refractivity contribution in [3.05, 3.63) is 34.9 Å². The second-order valence-corrected chi connectivity index (χ2v) is 5.23. The Kier molecular flexibility index (Phi) is 4.29. The van der Waals surface area contributed by atoms with Gasteiger partial charge in [-0.15, -0.1) is 0 Å². The molecule has 1 aromatic rings. The molecule has 0 radical (unpaired) electrons. The van der Waals surface area contributed by atoms with Crippen LogP contribution < -0.4 is 10.5 Å². The molecular formula is C15H20N2O3. The van der Waals surface area contributed by atoms with Gasteiger partial charge >= 0.3 is 6.03 Å². The van der Waals surface area contributed by atoms with Gasteiger partial charge in [-0.25, -0.2) is 9.86 Å². The molecule has 0 fully saturated rings. The van der Waals surface area contributed by atoms with E-state index in [1.54, 1.807) is 0 Å². The quantitative estimate of drug-likeness (QED) is 0.655. The molecule has 0 saturated heterocycles. The number of aryl methyl sites for hydroxylation is 1. The zero-order valence-electron chi connectivity index (χ0n) is 11.8. The second kappa shape index (κ2) is 5.96. The molecule has 2 amide bonds. The summed E-state index contributed by atoms with van der Waals surface area (Å²) in [5, 5.41) is 9.90. The summed E-state index contributed by atoms with van der Waals surface area (Å²) in [6.07, 6.45) is 3.80. The Morgan fingerprint density at radius 1 is 1.45 bits per heavy atom. The van der Waals surface area contributed by atoms with Crippen LogP contribution in [0.2, 0.25) is 0 Å². The first-order valence-electron chi connectivity index (χ1n) is 6.70. The molecule has 0 atom stereocenters. The van der Waals surface area contributed by atoms with Crippen LogP contribution in [0.3, 0.4) is 0 Å². The van der Waals surface area contributed by atoms with E-state index in [9.17, 15) is 10.0 Å². The standard InChI is InChI=1S/C15H20N2O3/c1-10(2)20-14-6-5-12-7-11(3-4-13(12)8-14)9-17(19)15(16)18/h5-8,10,19H,3-4,9H2,1-2H3,(H2,16,18). The van der Waals surface area contributed by atoms with Gasteiger partial charge in [0.15, 0.2) is 0 Å². The molecule has 0 bridgehead atoms. The Hall–Kier alpha value is -2.01. The molecule has 5 heteroatoms. The van der Waals surface area contributed by atoms with Crippen molar-refractivity contribution in [2.24, 2.45) is 5.73 Å². The summed E-state index contributed by atoms with van der Waals surface area (Å²) >= 11 is 0. The Bertz CT molecular complexity index is 538. The predicted octanol–water partition coefficient (Wildman–Crippen LogP) is 2.57. The van der Waals surface area contributed by atoms with Crippen molar-refractivity contribution in [2.45, 2.75) is 32.8 Å². The van der Waals surface area contributed by atoms with E-state index in [1.807, 2.05) is 38.1 Å². The van der Waals surface area contributed by atoms with Crippen molar-refractivity contribution in [1.82, 2.24) is 5.06 Å². The molecule has 20 heavy (non-hydrogen) atoms. The van der Waals surface area contributed by atoms with Crippen molar-refractivity contribution in [3.8, 4) is 5.75 Å². The highest BCUT2D eigenvalue weighted by Crippen LogP contribution is 2.28. The third kappa shape index (κ3) is 3.51. The van der Waals surface area contributed by atoms with Gasteiger partial charge in [-0.1, -0.05) is 12.1 Å². The maximum absolute atomic E-state index is 10.8. The molecule has 0 saturated carbocycles. The zero-order valence-corrected chi connectivity index (χ0v) is 11.8. The van der Waals surface area contributed by atoms with Gasteiger partial charge in [0, 0.05) is 0 Å². The van der Waals surface area contributed by atoms with Crippen molar-refractivity contribution in [2.75, 3.05) is 6.54 Å². The maximum Gasteiger partial charge on any atom is 0.338 e. The molecule has 108 valence electrons. The molecule has 2 rings (SSSR count). The summed E-state index contributed by atoms with van der Waals surface area (Å²) in [5.41, 5.74) is 8.31. The van der Waals surface area contributed by atoms with Crippen LogP contribution in [0.25, 0.3) is 6.08 Å². The molecule has 0 unspecified atom stereocenters. The van der Waals surface area contributed by atoms with Gasteiger partial charge < -0.3 is 10.5 Å². The number of fused-ring (bicyclic) bond motifs is 1. The Morgan fingerprint density at radius 2 is 2.20 bits per heavy atom. The van der Waals surface area contributed by atoms with E-state index in [1.165, 1.54) is 5.56 Å². The third-order valence-corrected chi connectivity index (χ3v) is 3.17. The molecule has 1 aliphatic carbocycles. The number of carbonyl (C=O) groups excluding carboxylic acids is 1. The Morgan fingerprint density at radius 3 is 2.85 bits per heavy atom. The molecule has 1 aliphatic rings. The number of nitrogens with two attached hydrogens (primary N) is 1. The first-order valence-corrected chi connectivity index (χ1v) is 6.70. The lowest BCUT2D eigenvalue weighted by Gasteiger charge is -2.20. The van der Waals surface area contributed by atoms with Gasteiger partial charge in [0.1, 0.15) is 5.75 Å². The monoisotopic (exact) mass is 276 g/mol. The minimum atomic E-state index is -0.836. The summed E-state index contributed by atoms with van der Waals surface area (Å²) in [6, 6.07) is 5.15. The summed E-state index contributed by atoms with van der Waals surface area (Å²) in [6.45, 7) is 4.15. The van der Waals surface area contributed by atoms with Crippen LogP contribution in [0.4, 0.5) is 4.79 Å². The molecule has 0 aliphatic heterocycles. The van der Waals surface area contributed by atoms with Crippen LogP contribution in [-0.4, -0.2) is 29.0 Å². The van der Waals surface area contributed by atoms with Crippen LogP contribution in [0.15, 0.2) is 23.8 Å². The molecule has 3 N–H and O–H groups in total. The van der Waals surface area contributed by atoms with Crippen LogP contribution in [-0.2, 0) is 6.42 Å². The fourth-order valence-corrected chi connectivity index (χ4v) is 2.27. The number of amides is 2. The number of ether oxygens (including phenoxy) is 1. The number of urea groups is 1. The Balaban J connectivity index is 2.14. The van der Waals surface area contributed by atoms with E-state index >= 15 is 0 Å². The summed E-state index contributed by atoms with van der Waals surface area (Å²) in [4.78, 5) is 10.8. The SMILES string of the molecule is CC(C)Oc1ccc2c(c1)CCC(CN(O)C(N)=O)=C2. The van der Waals surface area contributed by atoms with Crippen molar-refractivity contribution in [3.63, 3.8) is 0 Å². The topological polar surface area (TPSA) is 75.8 Å². The number of benzene rings is 1. The summed E-state index contributed by atoms with van der Waals surface area (Å²) in [5.74, 6) is 0.872. The van der Waals surface area contributed by atoms with Crippen LogP contribution >= 0.6 is 0 Å². The van der Waals surface area contributed by atoms with E-state index in [2.05, 4.69) is 0 Å². The van der Waals surface area contributed by atoms with E-state index < -0.39 is 6.03 Å². The number of carbonyl (C=O) groups is 1. The first-order chi connectivity index (χ1) is 9.45. The molecule has 5 nitrogen and oxygen atoms in total. The highest BCUT2D eigenvalue weighted by atomic mass is 16.5. The second-order valence-electron chi connectivity index (χ2n) is 5.23. The van der Waals surface area contributed by atoms with Gasteiger partial charge in [-0.05, 0) is 55.5 Å². The van der Waals surface area contributed by atoms with E-state index in [0.717, 1.165) is 29.7 Å². The molecule has 0 heterocycles. The van der Waals surface area contributed by atoms with Crippen LogP contribution in [0.1, 0.15) is 31.4 Å². The number of hydrogen-bond acceptors (Lipinski definition) is 3. The maximum atomic E-state index is 10.8. The van der Waals surface area contributed by atoms with E-state index in [0.29, 0.717) is 5.06 Å². The van der Waals surface area contributed by atoms with Crippen molar-refractivity contribution in [1.29, 1.82) is 0 Å². The lowest BCUT2D eigenvalue weighted by Crippen LogP contribution is -2.34. The normalized spacial score (nSPS) is 13.7. The van der Waals surface area contributed by atoms with E-state index in [4.69, 9.17) is 10.5 Å². The molecule has 1 aromatic carbocycles. The molecular weight excluding hydrogens is 256 g/mol. The van der Waals surface area contributed by atoms with Crippen molar-refractivity contribution < 1.29 is 14.7 Å². The van der Waals surface area contributed by atoms with Gasteiger partial charge in [-0.3, -0.25) is 5.21 Å². The lowest BCUT2D eigenvalue weighted by atomic mass is 9.92. The van der Waals surface area contributed by atoms with E-state index in [-0.39, 0.29) is 12.6 Å². The highest BCUT2D eigenvalue weighted by molar-refractivity contribution is 5.71. The van der Waals surface area contributed by atoms with Gasteiger partial charge in [0.05, 0.1) is 12.6 Å².